The summed E-state index contributed by atoms with van der Waals surface area (Å²) in [5.74, 6) is 0.341. The first kappa shape index (κ1) is 17.5. The monoisotopic (exact) mass is 380 g/mol. The predicted molar refractivity (Wildman–Crippen MR) is 113 cm³/mol. The Hall–Kier alpha value is -3.59. The summed E-state index contributed by atoms with van der Waals surface area (Å²) < 4.78 is 12.0. The fourth-order valence-corrected chi connectivity index (χ4v) is 4.36. The number of hydrogen-bond acceptors (Lipinski definition) is 3. The molecular formula is C26H20O3. The number of carbonyl (C=O) groups excluding carboxylic acids is 1. The number of esters is 1. The lowest BCUT2D eigenvalue weighted by atomic mass is 9.72. The van der Waals surface area contributed by atoms with E-state index < -0.39 is 11.6 Å². The van der Waals surface area contributed by atoms with Crippen LogP contribution in [0.25, 0.3) is 21.9 Å². The molecule has 3 aromatic carbocycles. The Morgan fingerprint density at radius 2 is 1.66 bits per heavy atom. The van der Waals surface area contributed by atoms with Crippen molar-refractivity contribution in [2.45, 2.75) is 18.9 Å². The number of fused-ring (bicyclic) bond motifs is 2. The summed E-state index contributed by atoms with van der Waals surface area (Å²) in [4.78, 5) is 12.8. The van der Waals surface area contributed by atoms with E-state index in [2.05, 4.69) is 43.0 Å². The molecule has 1 aliphatic carbocycles. The highest BCUT2D eigenvalue weighted by molar-refractivity contribution is 6.03. The first-order chi connectivity index (χ1) is 14.1. The lowest BCUT2D eigenvalue weighted by Crippen LogP contribution is -2.38. The summed E-state index contributed by atoms with van der Waals surface area (Å²) in [5, 5.41) is 2.22. The molecule has 4 aromatic rings. The van der Waals surface area contributed by atoms with E-state index in [4.69, 9.17) is 9.15 Å². The van der Waals surface area contributed by atoms with Gasteiger partial charge in [-0.25, -0.2) is 4.79 Å². The predicted octanol–water partition coefficient (Wildman–Crippen LogP) is 6.02. The zero-order valence-electron chi connectivity index (χ0n) is 16.1. The molecule has 1 unspecified atom stereocenters. The molecule has 1 heterocycles. The number of ether oxygens (including phenoxy) is 1. The largest absolute Gasteiger partial charge is 0.469 e. The summed E-state index contributed by atoms with van der Waals surface area (Å²) in [5.41, 5.74) is 3.51. The molecule has 3 nitrogen and oxygen atoms in total. The van der Waals surface area contributed by atoms with Gasteiger partial charge in [0, 0.05) is 16.7 Å². The highest BCUT2D eigenvalue weighted by Crippen LogP contribution is 2.51. The van der Waals surface area contributed by atoms with Crippen molar-refractivity contribution >= 4 is 16.7 Å². The van der Waals surface area contributed by atoms with Gasteiger partial charge >= 0.3 is 5.97 Å². The summed E-state index contributed by atoms with van der Waals surface area (Å²) in [6, 6.07) is 24.3. The van der Waals surface area contributed by atoms with E-state index in [-0.39, 0.29) is 0 Å². The van der Waals surface area contributed by atoms with Crippen molar-refractivity contribution in [2.24, 2.45) is 0 Å². The molecule has 1 atom stereocenters. The standard InChI is InChI=1S/C26H20O3/c1-17(2)25(27)29-26(16-19-10-7-15-28-19)22-13-4-3-11-20(22)21-12-5-8-18-9-6-14-23(26)24(18)21/h3-15H,1,16H2,2H3. The van der Waals surface area contributed by atoms with Crippen molar-refractivity contribution in [3.05, 3.63) is 108 Å². The van der Waals surface area contributed by atoms with Gasteiger partial charge in [-0.05, 0) is 41.0 Å². The molecule has 0 saturated carbocycles. The minimum absolute atomic E-state index is 0.368. The first-order valence-electron chi connectivity index (χ1n) is 9.63. The van der Waals surface area contributed by atoms with Crippen molar-refractivity contribution in [1.29, 1.82) is 0 Å². The molecule has 142 valence electrons. The second-order valence-corrected chi connectivity index (χ2v) is 7.51. The van der Waals surface area contributed by atoms with Crippen LogP contribution in [0.3, 0.4) is 0 Å². The number of furan rings is 1. The molecule has 0 spiro atoms. The maximum Gasteiger partial charge on any atom is 0.334 e. The maximum atomic E-state index is 12.8. The third kappa shape index (κ3) is 2.62. The lowest BCUT2D eigenvalue weighted by molar-refractivity contribution is -0.152. The Morgan fingerprint density at radius 3 is 2.41 bits per heavy atom. The SMILES string of the molecule is C=C(C)C(=O)OC1(Cc2ccco2)c2ccccc2-c2cccc3cccc1c23. The van der Waals surface area contributed by atoms with Gasteiger partial charge in [0.15, 0.2) is 5.60 Å². The molecule has 0 saturated heterocycles. The van der Waals surface area contributed by atoms with Gasteiger partial charge in [-0.2, -0.15) is 0 Å². The molecule has 0 N–H and O–H groups in total. The Morgan fingerprint density at radius 1 is 0.931 bits per heavy atom. The van der Waals surface area contributed by atoms with Crippen molar-refractivity contribution in [3.8, 4) is 11.1 Å². The summed E-state index contributed by atoms with van der Waals surface area (Å²) in [6.07, 6.45) is 2.05. The fraction of sp³-hybridized carbons (Fsp3) is 0.115. The minimum atomic E-state index is -1.00. The minimum Gasteiger partial charge on any atom is -0.469 e. The van der Waals surface area contributed by atoms with Crippen LogP contribution in [0, 0.1) is 0 Å². The van der Waals surface area contributed by atoms with Gasteiger partial charge in [-0.3, -0.25) is 0 Å². The zero-order valence-corrected chi connectivity index (χ0v) is 16.1. The van der Waals surface area contributed by atoms with Crippen molar-refractivity contribution in [3.63, 3.8) is 0 Å². The van der Waals surface area contributed by atoms with Gasteiger partial charge in [0.25, 0.3) is 0 Å². The smallest absolute Gasteiger partial charge is 0.334 e. The number of hydrogen-bond donors (Lipinski definition) is 0. The molecular weight excluding hydrogens is 360 g/mol. The van der Waals surface area contributed by atoms with Crippen LogP contribution in [0.5, 0.6) is 0 Å². The molecule has 1 aromatic heterocycles. The normalized spacial score (nSPS) is 17.0. The molecule has 0 bridgehead atoms. The average Bonchev–Trinajstić information content (AvgIpc) is 3.24. The number of carbonyl (C=O) groups is 1. The highest BCUT2D eigenvalue weighted by atomic mass is 16.6. The third-order valence-corrected chi connectivity index (χ3v) is 5.61. The van der Waals surface area contributed by atoms with Crippen molar-refractivity contribution in [1.82, 2.24) is 0 Å². The van der Waals surface area contributed by atoms with E-state index >= 15 is 0 Å². The number of rotatable bonds is 4. The van der Waals surface area contributed by atoms with Crippen LogP contribution in [0.1, 0.15) is 23.8 Å². The summed E-state index contributed by atoms with van der Waals surface area (Å²) in [7, 11) is 0. The van der Waals surface area contributed by atoms with E-state index in [1.807, 2.05) is 36.4 Å². The summed E-state index contributed by atoms with van der Waals surface area (Å²) >= 11 is 0. The maximum absolute atomic E-state index is 12.8. The Labute approximate surface area is 169 Å². The molecule has 0 aliphatic heterocycles. The van der Waals surface area contributed by atoms with Crippen LogP contribution in [0.15, 0.2) is 95.6 Å². The second-order valence-electron chi connectivity index (χ2n) is 7.51. The van der Waals surface area contributed by atoms with Crippen molar-refractivity contribution in [2.75, 3.05) is 0 Å². The number of benzene rings is 3. The molecule has 0 amide bonds. The van der Waals surface area contributed by atoms with E-state index in [9.17, 15) is 4.79 Å². The van der Waals surface area contributed by atoms with Crippen LogP contribution in [0.4, 0.5) is 0 Å². The molecule has 1 aliphatic rings. The molecule has 0 fully saturated rings. The Kier molecular flexibility index (Phi) is 3.92. The van der Waals surface area contributed by atoms with Gasteiger partial charge in [0.1, 0.15) is 5.76 Å². The molecule has 3 heteroatoms. The average molecular weight is 380 g/mol. The van der Waals surface area contributed by atoms with Gasteiger partial charge in [-0.15, -0.1) is 0 Å². The topological polar surface area (TPSA) is 39.4 Å². The molecule has 29 heavy (non-hydrogen) atoms. The Bertz CT molecular complexity index is 1240. The van der Waals surface area contributed by atoms with Gasteiger partial charge < -0.3 is 9.15 Å². The highest BCUT2D eigenvalue weighted by Gasteiger charge is 2.45. The van der Waals surface area contributed by atoms with Crippen LogP contribution in [0.2, 0.25) is 0 Å². The van der Waals surface area contributed by atoms with E-state index in [1.54, 1.807) is 13.2 Å². The first-order valence-corrected chi connectivity index (χ1v) is 9.63. The lowest BCUT2D eigenvalue weighted by Gasteiger charge is -2.39. The molecule has 5 rings (SSSR count). The van der Waals surface area contributed by atoms with E-state index in [0.29, 0.717) is 12.0 Å². The molecule has 0 radical (unpaired) electrons. The second kappa shape index (κ2) is 6.49. The fourth-order valence-electron chi connectivity index (χ4n) is 4.36. The Balaban J connectivity index is 1.89. The van der Waals surface area contributed by atoms with Gasteiger partial charge in [0.2, 0.25) is 0 Å². The van der Waals surface area contributed by atoms with E-state index in [0.717, 1.165) is 38.8 Å². The van der Waals surface area contributed by atoms with Gasteiger partial charge in [0.05, 0.1) is 12.7 Å². The van der Waals surface area contributed by atoms with Gasteiger partial charge in [-0.1, -0.05) is 67.2 Å². The van der Waals surface area contributed by atoms with Crippen LogP contribution in [-0.4, -0.2) is 5.97 Å². The third-order valence-electron chi connectivity index (χ3n) is 5.61. The summed E-state index contributed by atoms with van der Waals surface area (Å²) in [6.45, 7) is 5.47. The van der Waals surface area contributed by atoms with E-state index in [1.165, 1.54) is 0 Å². The van der Waals surface area contributed by atoms with Crippen LogP contribution in [-0.2, 0) is 21.6 Å². The quantitative estimate of drug-likeness (QED) is 0.321. The zero-order chi connectivity index (χ0) is 20.0. The van der Waals surface area contributed by atoms with Crippen molar-refractivity contribution < 1.29 is 13.9 Å². The van der Waals surface area contributed by atoms with Crippen LogP contribution >= 0.6 is 0 Å². The van der Waals surface area contributed by atoms with Crippen LogP contribution < -0.4 is 0 Å².